The van der Waals surface area contributed by atoms with E-state index in [4.69, 9.17) is 16.1 Å². The van der Waals surface area contributed by atoms with Crippen molar-refractivity contribution in [3.05, 3.63) is 46.6 Å². The van der Waals surface area contributed by atoms with Gasteiger partial charge in [-0.05, 0) is 36.5 Å². The van der Waals surface area contributed by atoms with Crippen molar-refractivity contribution in [1.82, 2.24) is 15.5 Å². The molecule has 4 nitrogen and oxygen atoms in total. The number of aromatic nitrogens is 2. The lowest BCUT2D eigenvalue weighted by Gasteiger charge is -2.33. The fraction of sp³-hybridized carbons (Fsp3) is 0.556. The number of nitrogens with one attached hydrogen (secondary N) is 1. The molecule has 0 bridgehead atoms. The summed E-state index contributed by atoms with van der Waals surface area (Å²) >= 11 is 6.01. The van der Waals surface area contributed by atoms with Crippen LogP contribution in [0.5, 0.6) is 0 Å². The topological polar surface area (TPSA) is 51.0 Å². The van der Waals surface area contributed by atoms with Gasteiger partial charge in [0, 0.05) is 17.0 Å². The van der Waals surface area contributed by atoms with Crippen LogP contribution in [0.25, 0.3) is 0 Å². The van der Waals surface area contributed by atoms with E-state index in [1.165, 1.54) is 5.56 Å². The summed E-state index contributed by atoms with van der Waals surface area (Å²) in [5.74, 6) is 1.93. The normalized spacial score (nSPS) is 12.1. The zero-order valence-electron chi connectivity index (χ0n) is 14.4. The highest BCUT2D eigenvalue weighted by Crippen LogP contribution is 2.30. The predicted octanol–water partition coefficient (Wildman–Crippen LogP) is 4.73. The van der Waals surface area contributed by atoms with Gasteiger partial charge in [0.1, 0.15) is 0 Å². The van der Waals surface area contributed by atoms with Crippen molar-refractivity contribution < 1.29 is 4.52 Å². The molecule has 126 valence electrons. The van der Waals surface area contributed by atoms with Crippen LogP contribution in [0, 0.1) is 5.92 Å². The number of hydrogen-bond donors (Lipinski definition) is 1. The summed E-state index contributed by atoms with van der Waals surface area (Å²) < 4.78 is 5.31. The minimum atomic E-state index is -0.108. The van der Waals surface area contributed by atoms with Gasteiger partial charge in [-0.15, -0.1) is 0 Å². The molecule has 1 heterocycles. The van der Waals surface area contributed by atoms with Crippen LogP contribution in [-0.2, 0) is 18.5 Å². The van der Waals surface area contributed by atoms with Gasteiger partial charge in [-0.1, -0.05) is 56.6 Å². The SMILES string of the molecule is CCC(CC)(NCc1noc(CC(C)C)n1)c1ccc(Cl)cc1. The lowest BCUT2D eigenvalue weighted by Crippen LogP contribution is -2.41. The first-order valence-corrected chi connectivity index (χ1v) is 8.69. The highest BCUT2D eigenvalue weighted by atomic mass is 35.5. The number of hydrogen-bond acceptors (Lipinski definition) is 4. The fourth-order valence-corrected chi connectivity index (χ4v) is 2.95. The first-order chi connectivity index (χ1) is 11.0. The van der Waals surface area contributed by atoms with Gasteiger partial charge in [0.05, 0.1) is 6.54 Å². The third-order valence-electron chi connectivity index (χ3n) is 4.28. The summed E-state index contributed by atoms with van der Waals surface area (Å²) in [6.45, 7) is 9.24. The summed E-state index contributed by atoms with van der Waals surface area (Å²) in [5, 5.41) is 8.46. The maximum Gasteiger partial charge on any atom is 0.226 e. The van der Waals surface area contributed by atoms with E-state index in [-0.39, 0.29) is 5.54 Å². The lowest BCUT2D eigenvalue weighted by atomic mass is 9.84. The van der Waals surface area contributed by atoms with E-state index in [2.05, 4.69) is 55.3 Å². The van der Waals surface area contributed by atoms with E-state index in [0.717, 1.165) is 24.3 Å². The van der Waals surface area contributed by atoms with Crippen LogP contribution in [0.15, 0.2) is 28.8 Å². The van der Waals surface area contributed by atoms with Crippen molar-refractivity contribution in [1.29, 1.82) is 0 Å². The molecule has 0 amide bonds. The Bertz CT molecular complexity index is 603. The first-order valence-electron chi connectivity index (χ1n) is 8.31. The van der Waals surface area contributed by atoms with Gasteiger partial charge in [0.15, 0.2) is 5.82 Å². The van der Waals surface area contributed by atoms with Crippen LogP contribution in [0.3, 0.4) is 0 Å². The van der Waals surface area contributed by atoms with Crippen LogP contribution < -0.4 is 5.32 Å². The molecule has 1 aromatic carbocycles. The molecule has 1 aromatic heterocycles. The minimum Gasteiger partial charge on any atom is -0.339 e. The fourth-order valence-electron chi connectivity index (χ4n) is 2.82. The first kappa shape index (κ1) is 18.0. The standard InChI is InChI=1S/C18H26ClN3O/c1-5-18(6-2,14-7-9-15(19)10-8-14)20-12-16-21-17(23-22-16)11-13(3)4/h7-10,13,20H,5-6,11-12H2,1-4H3. The number of benzene rings is 1. The maximum absolute atomic E-state index is 6.01. The molecule has 1 N–H and O–H groups in total. The van der Waals surface area contributed by atoms with Crippen LogP contribution in [0.2, 0.25) is 5.02 Å². The van der Waals surface area contributed by atoms with Gasteiger partial charge in [-0.25, -0.2) is 0 Å². The Balaban J connectivity index is 2.10. The van der Waals surface area contributed by atoms with Gasteiger partial charge in [-0.2, -0.15) is 4.98 Å². The molecule has 5 heteroatoms. The molecular weight excluding hydrogens is 310 g/mol. The largest absolute Gasteiger partial charge is 0.339 e. The average Bonchev–Trinajstić information content (AvgIpc) is 2.97. The number of rotatable bonds is 8. The average molecular weight is 336 g/mol. The molecule has 0 spiro atoms. The Morgan fingerprint density at radius 2 is 1.83 bits per heavy atom. The molecule has 0 aliphatic rings. The summed E-state index contributed by atoms with van der Waals surface area (Å²) in [7, 11) is 0. The molecular formula is C18H26ClN3O. The van der Waals surface area contributed by atoms with Gasteiger partial charge in [-0.3, -0.25) is 0 Å². The summed E-state index contributed by atoms with van der Waals surface area (Å²) in [5.41, 5.74) is 1.13. The summed E-state index contributed by atoms with van der Waals surface area (Å²) in [6.07, 6.45) is 2.76. The van der Waals surface area contributed by atoms with Crippen LogP contribution in [0.1, 0.15) is 57.8 Å². The van der Waals surface area contributed by atoms with Gasteiger partial charge >= 0.3 is 0 Å². The second-order valence-corrected chi connectivity index (χ2v) is 6.79. The second kappa shape index (κ2) is 7.93. The van der Waals surface area contributed by atoms with Crippen molar-refractivity contribution in [3.8, 4) is 0 Å². The minimum absolute atomic E-state index is 0.108. The van der Waals surface area contributed by atoms with E-state index < -0.39 is 0 Å². The smallest absolute Gasteiger partial charge is 0.226 e. The number of nitrogens with zero attached hydrogens (tertiary/aromatic N) is 2. The number of halogens is 1. The second-order valence-electron chi connectivity index (χ2n) is 6.35. The predicted molar refractivity (Wildman–Crippen MR) is 93.4 cm³/mol. The molecule has 0 saturated carbocycles. The monoisotopic (exact) mass is 335 g/mol. The van der Waals surface area contributed by atoms with Crippen molar-refractivity contribution >= 4 is 11.6 Å². The third kappa shape index (κ3) is 4.55. The Morgan fingerprint density at radius 3 is 2.39 bits per heavy atom. The zero-order valence-corrected chi connectivity index (χ0v) is 15.2. The van der Waals surface area contributed by atoms with Crippen LogP contribution in [-0.4, -0.2) is 10.1 Å². The zero-order chi connectivity index (χ0) is 16.9. The highest BCUT2D eigenvalue weighted by molar-refractivity contribution is 6.30. The maximum atomic E-state index is 6.01. The molecule has 2 aromatic rings. The molecule has 0 radical (unpaired) electrons. The molecule has 0 atom stereocenters. The molecule has 2 rings (SSSR count). The van der Waals surface area contributed by atoms with Gasteiger partial charge in [0.2, 0.25) is 5.89 Å². The van der Waals surface area contributed by atoms with Gasteiger partial charge < -0.3 is 9.84 Å². The Morgan fingerprint density at radius 1 is 1.17 bits per heavy atom. The van der Waals surface area contributed by atoms with Crippen molar-refractivity contribution in [2.45, 2.75) is 59.0 Å². The Hall–Kier alpha value is -1.39. The molecule has 0 fully saturated rings. The van der Waals surface area contributed by atoms with E-state index in [1.54, 1.807) is 0 Å². The molecule has 0 aliphatic heterocycles. The summed E-state index contributed by atoms with van der Waals surface area (Å²) in [6, 6.07) is 8.05. The Labute approximate surface area is 143 Å². The van der Waals surface area contributed by atoms with Gasteiger partial charge in [0.25, 0.3) is 0 Å². The summed E-state index contributed by atoms with van der Waals surface area (Å²) in [4.78, 5) is 4.47. The van der Waals surface area contributed by atoms with E-state index in [9.17, 15) is 0 Å². The van der Waals surface area contributed by atoms with E-state index in [0.29, 0.717) is 24.2 Å². The van der Waals surface area contributed by atoms with Crippen molar-refractivity contribution in [2.75, 3.05) is 0 Å². The van der Waals surface area contributed by atoms with Crippen LogP contribution >= 0.6 is 11.6 Å². The van der Waals surface area contributed by atoms with Crippen molar-refractivity contribution in [3.63, 3.8) is 0 Å². The van der Waals surface area contributed by atoms with E-state index >= 15 is 0 Å². The molecule has 0 unspecified atom stereocenters. The molecule has 0 saturated heterocycles. The van der Waals surface area contributed by atoms with Crippen molar-refractivity contribution in [2.24, 2.45) is 5.92 Å². The highest BCUT2D eigenvalue weighted by Gasteiger charge is 2.28. The molecule has 0 aliphatic carbocycles. The third-order valence-corrected chi connectivity index (χ3v) is 4.53. The van der Waals surface area contributed by atoms with Crippen LogP contribution in [0.4, 0.5) is 0 Å². The molecule has 23 heavy (non-hydrogen) atoms. The Kier molecular flexibility index (Phi) is 6.19. The quantitative estimate of drug-likeness (QED) is 0.757. The van der Waals surface area contributed by atoms with E-state index in [1.807, 2.05) is 12.1 Å². The lowest BCUT2D eigenvalue weighted by molar-refractivity contribution is 0.297.